The van der Waals surface area contributed by atoms with Crippen LogP contribution in [0.2, 0.25) is 0 Å². The number of phenolic OH excluding ortho intramolecular Hbond substituents is 1. The smallest absolute Gasteiger partial charge is 0.319 e. The highest BCUT2D eigenvalue weighted by atomic mass is 19.1. The number of rotatable bonds is 5. The summed E-state index contributed by atoms with van der Waals surface area (Å²) in [5.74, 6) is 1.40. The van der Waals surface area contributed by atoms with Gasteiger partial charge in [0.15, 0.2) is 5.82 Å². The van der Waals surface area contributed by atoms with Crippen LogP contribution in [0.15, 0.2) is 30.5 Å². The van der Waals surface area contributed by atoms with E-state index in [-0.39, 0.29) is 52.0 Å². The lowest BCUT2D eigenvalue weighted by molar-refractivity contribution is 0.107. The molecule has 7 rings (SSSR count). The van der Waals surface area contributed by atoms with Crippen molar-refractivity contribution < 1.29 is 27.8 Å². The van der Waals surface area contributed by atoms with Crippen LogP contribution < -0.4 is 9.64 Å². The molecule has 0 radical (unpaired) electrons. The normalized spacial score (nSPS) is 24.0. The molecule has 3 fully saturated rings. The number of anilines is 1. The molecular weight excluding hydrogens is 571 g/mol. The predicted molar refractivity (Wildman–Crippen MR) is 161 cm³/mol. The number of aromatic hydroxyl groups is 1. The summed E-state index contributed by atoms with van der Waals surface area (Å²) in [5.41, 5.74) is -0.570. The van der Waals surface area contributed by atoms with Crippen molar-refractivity contribution in [3.05, 3.63) is 47.7 Å². The average molecular weight is 604 g/mol. The summed E-state index contributed by atoms with van der Waals surface area (Å²) in [6, 6.07) is 5.40. The van der Waals surface area contributed by atoms with E-state index in [0.29, 0.717) is 55.9 Å². The van der Waals surface area contributed by atoms with Gasteiger partial charge in [-0.1, -0.05) is 18.9 Å². The van der Waals surface area contributed by atoms with Gasteiger partial charge >= 0.3 is 6.01 Å². The van der Waals surface area contributed by atoms with Crippen LogP contribution in [0, 0.1) is 29.9 Å². The van der Waals surface area contributed by atoms with Crippen molar-refractivity contribution in [2.45, 2.75) is 37.9 Å². The molecule has 0 bridgehead atoms. The van der Waals surface area contributed by atoms with Crippen LogP contribution in [-0.2, 0) is 4.74 Å². The van der Waals surface area contributed by atoms with Crippen LogP contribution >= 0.6 is 0 Å². The average Bonchev–Trinajstić information content (AvgIpc) is 3.43. The molecule has 5 heterocycles. The number of pyridine rings is 1. The molecule has 8 nitrogen and oxygen atoms in total. The fourth-order valence-corrected chi connectivity index (χ4v) is 7.09. The van der Waals surface area contributed by atoms with Gasteiger partial charge < -0.3 is 19.5 Å². The Morgan fingerprint density at radius 2 is 2.07 bits per heavy atom. The summed E-state index contributed by atoms with van der Waals surface area (Å²) >= 11 is 0. The van der Waals surface area contributed by atoms with Crippen molar-refractivity contribution in [2.24, 2.45) is 5.92 Å². The molecule has 0 unspecified atom stereocenters. The largest absolute Gasteiger partial charge is 0.508 e. The summed E-state index contributed by atoms with van der Waals surface area (Å²) in [6.07, 6.45) is 8.34. The first-order valence-electron chi connectivity index (χ1n) is 14.9. The lowest BCUT2D eigenvalue weighted by atomic mass is 9.95. The van der Waals surface area contributed by atoms with E-state index in [9.17, 15) is 13.9 Å². The van der Waals surface area contributed by atoms with Gasteiger partial charge in [0, 0.05) is 43.2 Å². The molecule has 0 spiro atoms. The lowest BCUT2D eigenvalue weighted by Crippen LogP contribution is -2.43. The Kier molecular flexibility index (Phi) is 7.22. The van der Waals surface area contributed by atoms with Crippen molar-refractivity contribution in [3.63, 3.8) is 0 Å². The molecular formula is C33H32F3N5O3. The molecule has 11 heteroatoms. The second kappa shape index (κ2) is 11.1. The summed E-state index contributed by atoms with van der Waals surface area (Å²) in [6.45, 7) is 5.60. The van der Waals surface area contributed by atoms with Crippen LogP contribution in [-0.4, -0.2) is 82.7 Å². The Labute approximate surface area is 252 Å². The number of alkyl halides is 1. The summed E-state index contributed by atoms with van der Waals surface area (Å²) in [7, 11) is 0. The molecule has 1 N–H and O–H groups in total. The zero-order valence-electron chi connectivity index (χ0n) is 24.3. The number of benzene rings is 2. The van der Waals surface area contributed by atoms with Crippen molar-refractivity contribution in [1.82, 2.24) is 19.9 Å². The molecule has 3 aliphatic heterocycles. The second-order valence-corrected chi connectivity index (χ2v) is 12.2. The predicted octanol–water partition coefficient (Wildman–Crippen LogP) is 5.24. The van der Waals surface area contributed by atoms with E-state index in [2.05, 4.69) is 27.7 Å². The van der Waals surface area contributed by atoms with E-state index < -0.39 is 23.3 Å². The molecule has 228 valence electrons. The molecule has 2 aromatic carbocycles. The maximum atomic E-state index is 16.7. The van der Waals surface area contributed by atoms with Crippen molar-refractivity contribution in [1.29, 1.82) is 0 Å². The molecule has 3 atom stereocenters. The highest BCUT2D eigenvalue weighted by Gasteiger charge is 2.49. The number of nitrogens with zero attached hydrogens (tertiary/aromatic N) is 5. The topological polar surface area (TPSA) is 83.8 Å². The molecule has 2 aromatic heterocycles. The summed E-state index contributed by atoms with van der Waals surface area (Å²) in [4.78, 5) is 17.9. The van der Waals surface area contributed by atoms with Crippen molar-refractivity contribution in [2.75, 3.05) is 50.9 Å². The fourth-order valence-electron chi connectivity index (χ4n) is 7.09. The number of aromatic nitrogens is 3. The van der Waals surface area contributed by atoms with E-state index >= 15 is 4.39 Å². The quantitative estimate of drug-likeness (QED) is 0.311. The number of terminal acetylenes is 1. The van der Waals surface area contributed by atoms with Crippen LogP contribution in [0.4, 0.5) is 19.0 Å². The monoisotopic (exact) mass is 603 g/mol. The standard InChI is InChI=1S/C33H32F3N5O3/c1-3-23-26(35)6-5-20-11-22(42)12-24(27(20)23)29-28(36)30-25(14-37-29)31(40-9-10-43-17-19(2)15-40)39-32(38-30)44-18-33-7-4-8-41(33)16-21(34)13-33/h1,5-6,11-12,14,19,21,42H,4,7-10,13,15-18H2,2H3/t19-,21-,33+/m1/s1. The minimum atomic E-state index is -0.925. The van der Waals surface area contributed by atoms with Gasteiger partial charge in [0.05, 0.1) is 29.7 Å². The van der Waals surface area contributed by atoms with E-state index in [1.807, 2.05) is 4.90 Å². The maximum Gasteiger partial charge on any atom is 0.319 e. The van der Waals surface area contributed by atoms with Gasteiger partial charge in [0.2, 0.25) is 0 Å². The SMILES string of the molecule is C#Cc1c(F)ccc2cc(O)cc(-c3ncc4c(N5CCOC[C@H](C)C5)nc(OC[C@@]56CCCN5C[C@H](F)C6)nc4c3F)c12. The van der Waals surface area contributed by atoms with E-state index in [1.165, 1.54) is 30.5 Å². The van der Waals surface area contributed by atoms with E-state index in [1.54, 1.807) is 0 Å². The van der Waals surface area contributed by atoms with Crippen molar-refractivity contribution >= 4 is 27.5 Å². The third-order valence-corrected chi connectivity index (χ3v) is 9.07. The van der Waals surface area contributed by atoms with Crippen LogP contribution in [0.3, 0.4) is 0 Å². The third kappa shape index (κ3) is 4.86. The van der Waals surface area contributed by atoms with Crippen molar-refractivity contribution in [3.8, 4) is 35.4 Å². The zero-order chi connectivity index (χ0) is 30.6. The van der Waals surface area contributed by atoms with Crippen LogP contribution in [0.5, 0.6) is 11.8 Å². The lowest BCUT2D eigenvalue weighted by Gasteiger charge is -2.31. The zero-order valence-corrected chi connectivity index (χ0v) is 24.3. The molecule has 0 aliphatic carbocycles. The maximum absolute atomic E-state index is 16.7. The molecule has 0 saturated carbocycles. The Bertz CT molecular complexity index is 1810. The van der Waals surface area contributed by atoms with Crippen LogP contribution in [0.1, 0.15) is 31.7 Å². The van der Waals surface area contributed by atoms with Gasteiger partial charge in [-0.05, 0) is 48.9 Å². The number of halogens is 3. The third-order valence-electron chi connectivity index (χ3n) is 9.07. The molecule has 4 aromatic rings. The molecule has 0 amide bonds. The highest BCUT2D eigenvalue weighted by molar-refractivity contribution is 6.03. The summed E-state index contributed by atoms with van der Waals surface area (Å²) < 4.78 is 57.8. The number of hydrogen-bond donors (Lipinski definition) is 1. The Hall–Kier alpha value is -4.14. The van der Waals surface area contributed by atoms with Gasteiger partial charge in [-0.3, -0.25) is 9.88 Å². The molecule has 3 aliphatic rings. The summed E-state index contributed by atoms with van der Waals surface area (Å²) in [5, 5.41) is 11.5. The highest BCUT2D eigenvalue weighted by Crippen LogP contribution is 2.41. The first-order chi connectivity index (χ1) is 21.3. The second-order valence-electron chi connectivity index (χ2n) is 12.2. The van der Waals surface area contributed by atoms with Gasteiger partial charge in [-0.25, -0.2) is 13.2 Å². The van der Waals surface area contributed by atoms with Crippen LogP contribution in [0.25, 0.3) is 32.9 Å². The number of phenols is 1. The Balaban J connectivity index is 1.38. The molecule has 3 saturated heterocycles. The van der Waals surface area contributed by atoms with Gasteiger partial charge in [-0.15, -0.1) is 6.42 Å². The van der Waals surface area contributed by atoms with E-state index in [0.717, 1.165) is 19.4 Å². The van der Waals surface area contributed by atoms with Gasteiger partial charge in [0.1, 0.15) is 41.4 Å². The minimum absolute atomic E-state index is 0.0268. The molecule has 44 heavy (non-hydrogen) atoms. The fraction of sp³-hybridized carbons (Fsp3) is 0.424. The van der Waals surface area contributed by atoms with Gasteiger partial charge in [-0.2, -0.15) is 9.97 Å². The Morgan fingerprint density at radius 3 is 2.91 bits per heavy atom. The number of hydrogen-bond acceptors (Lipinski definition) is 8. The van der Waals surface area contributed by atoms with E-state index in [4.69, 9.17) is 20.9 Å². The Morgan fingerprint density at radius 1 is 1.20 bits per heavy atom. The first kappa shape index (κ1) is 28.6. The number of ether oxygens (including phenoxy) is 2. The number of fused-ring (bicyclic) bond motifs is 3. The first-order valence-corrected chi connectivity index (χ1v) is 14.9. The minimum Gasteiger partial charge on any atom is -0.508 e. The van der Waals surface area contributed by atoms with Gasteiger partial charge in [0.25, 0.3) is 0 Å².